The summed E-state index contributed by atoms with van der Waals surface area (Å²) in [6.07, 6.45) is 3.67. The van der Waals surface area contributed by atoms with E-state index in [1.165, 1.54) is 0 Å². The van der Waals surface area contributed by atoms with Crippen molar-refractivity contribution >= 4 is 21.6 Å². The van der Waals surface area contributed by atoms with Crippen LogP contribution in [0.5, 0.6) is 0 Å². The van der Waals surface area contributed by atoms with E-state index < -0.39 is 10.0 Å². The molecule has 1 aromatic heterocycles. The van der Waals surface area contributed by atoms with Crippen molar-refractivity contribution in [1.82, 2.24) is 8.87 Å². The number of aryl methyl sites for hydroxylation is 1. The fraction of sp³-hybridized carbons (Fsp3) is 0.692. The highest BCUT2D eigenvalue weighted by Gasteiger charge is 2.35. The number of nitrogens with zero attached hydrogens (tertiary/aromatic N) is 2. The minimum atomic E-state index is -3.40. The zero-order chi connectivity index (χ0) is 14.2. The number of sulfonamides is 1. The Bertz CT molecular complexity index is 553. The number of halogens is 1. The van der Waals surface area contributed by atoms with Gasteiger partial charge in [0.1, 0.15) is 4.90 Å². The first-order chi connectivity index (χ1) is 8.87. The average Bonchev–Trinajstić information content (AvgIpc) is 2.74. The lowest BCUT2D eigenvalue weighted by molar-refractivity contribution is 0.202. The third-order valence-electron chi connectivity index (χ3n) is 4.14. The predicted octanol–water partition coefficient (Wildman–Crippen LogP) is 2.57. The molecule has 1 aliphatic heterocycles. The molecular weight excluding hydrogens is 284 g/mol. The number of rotatable bonds is 3. The van der Waals surface area contributed by atoms with Crippen molar-refractivity contribution in [1.29, 1.82) is 0 Å². The molecule has 1 aromatic rings. The summed E-state index contributed by atoms with van der Waals surface area (Å²) in [6.45, 7) is 4.72. The molecule has 4 nitrogen and oxygen atoms in total. The minimum absolute atomic E-state index is 0.0541. The van der Waals surface area contributed by atoms with Crippen molar-refractivity contribution in [3.63, 3.8) is 0 Å². The van der Waals surface area contributed by atoms with E-state index in [9.17, 15) is 8.42 Å². The molecule has 0 aliphatic carbocycles. The highest BCUT2D eigenvalue weighted by molar-refractivity contribution is 7.89. The van der Waals surface area contributed by atoms with Gasteiger partial charge in [-0.15, -0.1) is 11.6 Å². The molecule has 0 saturated carbocycles. The SMILES string of the molecule is CC1CCCN(S(=O)(=O)c2cc(CCl)n(C)c2)C1C. The summed E-state index contributed by atoms with van der Waals surface area (Å²) in [5.41, 5.74) is 0.818. The fourth-order valence-corrected chi connectivity index (χ4v) is 4.75. The van der Waals surface area contributed by atoms with E-state index in [2.05, 4.69) is 6.92 Å². The van der Waals surface area contributed by atoms with Gasteiger partial charge in [-0.05, 0) is 31.7 Å². The first-order valence-electron chi connectivity index (χ1n) is 6.61. The Labute approximate surface area is 120 Å². The Morgan fingerprint density at radius 3 is 2.68 bits per heavy atom. The molecule has 2 heterocycles. The number of hydrogen-bond donors (Lipinski definition) is 0. The smallest absolute Gasteiger partial charge is 0.244 e. The van der Waals surface area contributed by atoms with Gasteiger partial charge in [-0.1, -0.05) is 6.92 Å². The van der Waals surface area contributed by atoms with E-state index in [1.54, 1.807) is 21.1 Å². The molecule has 2 atom stereocenters. The van der Waals surface area contributed by atoms with Crippen LogP contribution in [-0.4, -0.2) is 29.9 Å². The van der Waals surface area contributed by atoms with Crippen molar-refractivity contribution in [2.75, 3.05) is 6.54 Å². The van der Waals surface area contributed by atoms with Crippen molar-refractivity contribution in [2.24, 2.45) is 13.0 Å². The summed E-state index contributed by atoms with van der Waals surface area (Å²) in [5.74, 6) is 0.720. The van der Waals surface area contributed by atoms with E-state index in [4.69, 9.17) is 11.6 Å². The molecule has 108 valence electrons. The molecule has 1 saturated heterocycles. The van der Waals surface area contributed by atoms with E-state index in [0.29, 0.717) is 23.2 Å². The van der Waals surface area contributed by atoms with Crippen LogP contribution >= 0.6 is 11.6 Å². The summed E-state index contributed by atoms with van der Waals surface area (Å²) in [5, 5.41) is 0. The maximum absolute atomic E-state index is 12.7. The number of alkyl halides is 1. The van der Waals surface area contributed by atoms with Gasteiger partial charge in [0.2, 0.25) is 10.0 Å². The van der Waals surface area contributed by atoms with Crippen LogP contribution in [-0.2, 0) is 23.0 Å². The summed E-state index contributed by atoms with van der Waals surface area (Å²) in [6, 6.07) is 1.73. The minimum Gasteiger partial charge on any atom is -0.352 e. The van der Waals surface area contributed by atoms with Gasteiger partial charge >= 0.3 is 0 Å². The van der Waals surface area contributed by atoms with Crippen molar-refractivity contribution < 1.29 is 8.42 Å². The third kappa shape index (κ3) is 2.69. The van der Waals surface area contributed by atoms with Gasteiger partial charge in [0, 0.05) is 31.5 Å². The first kappa shape index (κ1) is 14.9. The standard InChI is InChI=1S/C13H21ClN2O2S/c1-10-5-4-6-16(11(10)2)19(17,18)13-7-12(8-14)15(3)9-13/h7,9-11H,4-6,8H2,1-3H3. The van der Waals surface area contributed by atoms with E-state index >= 15 is 0 Å². The lowest BCUT2D eigenvalue weighted by Crippen LogP contribution is -2.45. The number of piperidine rings is 1. The molecule has 0 amide bonds. The lowest BCUT2D eigenvalue weighted by Gasteiger charge is -2.36. The molecule has 0 radical (unpaired) electrons. The fourth-order valence-electron chi connectivity index (χ4n) is 2.62. The Hall–Kier alpha value is -0.520. The van der Waals surface area contributed by atoms with Gasteiger partial charge < -0.3 is 4.57 Å². The van der Waals surface area contributed by atoms with Crippen LogP contribution in [0.3, 0.4) is 0 Å². The largest absolute Gasteiger partial charge is 0.352 e. The number of hydrogen-bond acceptors (Lipinski definition) is 2. The van der Waals surface area contributed by atoms with Crippen LogP contribution in [0.1, 0.15) is 32.4 Å². The maximum Gasteiger partial charge on any atom is 0.244 e. The topological polar surface area (TPSA) is 42.3 Å². The number of aromatic nitrogens is 1. The van der Waals surface area contributed by atoms with E-state index in [0.717, 1.165) is 18.5 Å². The monoisotopic (exact) mass is 304 g/mol. The molecule has 6 heteroatoms. The Morgan fingerprint density at radius 1 is 1.42 bits per heavy atom. The second-order valence-corrected chi connectivity index (χ2v) is 7.55. The molecule has 0 N–H and O–H groups in total. The second kappa shape index (κ2) is 5.46. The molecule has 2 rings (SSSR count). The first-order valence-corrected chi connectivity index (χ1v) is 8.58. The lowest BCUT2D eigenvalue weighted by atomic mass is 9.94. The van der Waals surface area contributed by atoms with Gasteiger partial charge in [-0.2, -0.15) is 4.31 Å². The van der Waals surface area contributed by atoms with Gasteiger partial charge in [-0.3, -0.25) is 0 Å². The molecule has 0 spiro atoms. The average molecular weight is 305 g/mol. The quantitative estimate of drug-likeness (QED) is 0.806. The summed E-state index contributed by atoms with van der Waals surface area (Å²) in [7, 11) is -1.58. The Kier molecular flexibility index (Phi) is 4.28. The molecular formula is C13H21ClN2O2S. The molecule has 19 heavy (non-hydrogen) atoms. The zero-order valence-electron chi connectivity index (χ0n) is 11.6. The molecule has 1 aliphatic rings. The molecule has 0 aromatic carbocycles. The summed E-state index contributed by atoms with van der Waals surface area (Å²) >= 11 is 5.80. The van der Waals surface area contributed by atoms with Crippen LogP contribution in [0, 0.1) is 5.92 Å². The van der Waals surface area contributed by atoms with Crippen LogP contribution in [0.25, 0.3) is 0 Å². The van der Waals surface area contributed by atoms with Gasteiger partial charge in [0.15, 0.2) is 0 Å². The van der Waals surface area contributed by atoms with Crippen LogP contribution in [0.2, 0.25) is 0 Å². The van der Waals surface area contributed by atoms with E-state index in [-0.39, 0.29) is 6.04 Å². The summed E-state index contributed by atoms with van der Waals surface area (Å²) < 4.78 is 28.8. The maximum atomic E-state index is 12.7. The van der Waals surface area contributed by atoms with E-state index in [1.807, 2.05) is 14.0 Å². The highest BCUT2D eigenvalue weighted by Crippen LogP contribution is 2.29. The Balaban J connectivity index is 2.35. The van der Waals surface area contributed by atoms with Crippen molar-refractivity contribution in [2.45, 2.75) is 43.5 Å². The van der Waals surface area contributed by atoms with Crippen LogP contribution in [0.15, 0.2) is 17.2 Å². The predicted molar refractivity (Wildman–Crippen MR) is 76.7 cm³/mol. The van der Waals surface area contributed by atoms with Gasteiger partial charge in [0.25, 0.3) is 0 Å². The highest BCUT2D eigenvalue weighted by atomic mass is 35.5. The molecule has 0 bridgehead atoms. The van der Waals surface area contributed by atoms with Crippen LogP contribution in [0.4, 0.5) is 0 Å². The van der Waals surface area contributed by atoms with Crippen molar-refractivity contribution in [3.05, 3.63) is 18.0 Å². The normalized spacial score (nSPS) is 25.7. The van der Waals surface area contributed by atoms with Gasteiger partial charge in [-0.25, -0.2) is 8.42 Å². The van der Waals surface area contributed by atoms with Gasteiger partial charge in [0.05, 0.1) is 5.88 Å². The molecule has 2 unspecified atom stereocenters. The van der Waals surface area contributed by atoms with Crippen LogP contribution < -0.4 is 0 Å². The molecule has 1 fully saturated rings. The third-order valence-corrected chi connectivity index (χ3v) is 6.37. The zero-order valence-corrected chi connectivity index (χ0v) is 13.2. The second-order valence-electron chi connectivity index (χ2n) is 5.39. The summed E-state index contributed by atoms with van der Waals surface area (Å²) in [4.78, 5) is 0.353. The van der Waals surface area contributed by atoms with Crippen molar-refractivity contribution in [3.8, 4) is 0 Å². The Morgan fingerprint density at radius 2 is 2.11 bits per heavy atom.